The highest BCUT2D eigenvalue weighted by molar-refractivity contribution is 7.26. The molecule has 3 heterocycles. The Morgan fingerprint density at radius 3 is 1.54 bits per heavy atom. The zero-order chi connectivity index (χ0) is 44.1. The highest BCUT2D eigenvalue weighted by atomic mass is 32.1. The van der Waals surface area contributed by atoms with E-state index in [0.717, 1.165) is 0 Å². The van der Waals surface area contributed by atoms with Gasteiger partial charge in [-0.2, -0.15) is 0 Å². The van der Waals surface area contributed by atoms with Crippen molar-refractivity contribution in [3.63, 3.8) is 0 Å². The Bertz CT molecular complexity index is 2720. The minimum absolute atomic E-state index is 0.0175. The minimum atomic E-state index is -0.0175. The smallest absolute Gasteiger partial charge is 0.254 e. The molecule has 2 aliphatic heterocycles. The van der Waals surface area contributed by atoms with Gasteiger partial charge in [0.25, 0.3) is 6.71 Å². The molecular weight excluding hydrogens is 756 g/mol. The van der Waals surface area contributed by atoms with Gasteiger partial charge in [0.2, 0.25) is 0 Å². The number of hydrogen-bond donors (Lipinski definition) is 0. The maximum atomic E-state index is 2.70. The van der Waals surface area contributed by atoms with Crippen molar-refractivity contribution in [2.45, 2.75) is 163 Å². The molecule has 0 bridgehead atoms. The van der Waals surface area contributed by atoms with E-state index < -0.39 is 0 Å². The molecule has 1 aromatic heterocycles. The van der Waals surface area contributed by atoms with E-state index in [1.165, 1.54) is 112 Å². The van der Waals surface area contributed by atoms with Crippen molar-refractivity contribution in [3.05, 3.63) is 124 Å². The van der Waals surface area contributed by atoms with E-state index in [1.807, 2.05) is 11.3 Å². The Labute approximate surface area is 372 Å². The predicted octanol–water partition coefficient (Wildman–Crippen LogP) is 14.8. The molecule has 0 radical (unpaired) electrons. The molecule has 9 rings (SSSR count). The Kier molecular flexibility index (Phi) is 9.22. The van der Waals surface area contributed by atoms with Crippen molar-refractivity contribution in [2.24, 2.45) is 0 Å². The van der Waals surface area contributed by atoms with Crippen LogP contribution in [0.5, 0.6) is 0 Å². The summed E-state index contributed by atoms with van der Waals surface area (Å²) in [5, 5.41) is 2.74. The van der Waals surface area contributed by atoms with Crippen LogP contribution in [0.2, 0.25) is 0 Å². The number of hydrogen-bond acceptors (Lipinski definition) is 3. The summed E-state index contributed by atoms with van der Waals surface area (Å²) < 4.78 is 1.36. The summed E-state index contributed by atoms with van der Waals surface area (Å²) in [6.07, 6.45) is 2.37. The lowest BCUT2D eigenvalue weighted by molar-refractivity contribution is 0.332. The number of anilines is 6. The SMILES string of the molecule is Cc1cc2c3c(c1)N(c1ccc(C(C)(C)C)cc1)c1sc4ccc(C(C)(C)C)cc4c1B3c1cc3c(cc1N2c1cc(C(C)(C)C)cc(C(C)(C)C)c1)C(C)(C)CCC3(C)C. The summed E-state index contributed by atoms with van der Waals surface area (Å²) in [6.45, 7) is 40.5. The van der Waals surface area contributed by atoms with Crippen LogP contribution in [0.1, 0.15) is 163 Å². The van der Waals surface area contributed by atoms with Gasteiger partial charge in [-0.15, -0.1) is 11.3 Å². The third kappa shape index (κ3) is 6.81. The number of nitrogens with zero attached hydrogens (tertiary/aromatic N) is 2. The van der Waals surface area contributed by atoms with E-state index in [9.17, 15) is 0 Å². The fraction of sp³-hybridized carbons (Fsp3) is 0.439. The van der Waals surface area contributed by atoms with Gasteiger partial charge in [-0.3, -0.25) is 0 Å². The van der Waals surface area contributed by atoms with Crippen molar-refractivity contribution in [3.8, 4) is 0 Å². The predicted molar refractivity (Wildman–Crippen MR) is 271 cm³/mol. The van der Waals surface area contributed by atoms with Crippen molar-refractivity contribution in [1.82, 2.24) is 0 Å². The number of benzene rings is 5. The largest absolute Gasteiger partial charge is 0.311 e. The van der Waals surface area contributed by atoms with Gasteiger partial charge in [0.1, 0.15) is 0 Å². The second kappa shape index (κ2) is 13.4. The lowest BCUT2D eigenvalue weighted by Crippen LogP contribution is -2.61. The third-order valence-electron chi connectivity index (χ3n) is 14.6. The van der Waals surface area contributed by atoms with E-state index in [0.29, 0.717) is 0 Å². The average molecular weight is 825 g/mol. The van der Waals surface area contributed by atoms with Crippen LogP contribution in [0.15, 0.2) is 84.9 Å². The van der Waals surface area contributed by atoms with Gasteiger partial charge in [0, 0.05) is 33.1 Å². The highest BCUT2D eigenvalue weighted by Gasteiger charge is 2.48. The van der Waals surface area contributed by atoms with E-state index >= 15 is 0 Å². The molecule has 0 N–H and O–H groups in total. The van der Waals surface area contributed by atoms with Gasteiger partial charge < -0.3 is 9.80 Å². The monoisotopic (exact) mass is 825 g/mol. The maximum Gasteiger partial charge on any atom is 0.254 e. The third-order valence-corrected chi connectivity index (χ3v) is 15.7. The van der Waals surface area contributed by atoms with Gasteiger partial charge in [-0.05, 0) is 162 Å². The molecule has 0 saturated carbocycles. The summed E-state index contributed by atoms with van der Waals surface area (Å²) in [4.78, 5) is 5.33. The van der Waals surface area contributed by atoms with E-state index in [1.54, 1.807) is 0 Å². The lowest BCUT2D eigenvalue weighted by atomic mass is 9.33. The summed E-state index contributed by atoms with van der Waals surface area (Å²) in [5.74, 6) is 0. The highest BCUT2D eigenvalue weighted by Crippen LogP contribution is 2.52. The summed E-state index contributed by atoms with van der Waals surface area (Å²) in [6, 6.07) is 34.6. The van der Waals surface area contributed by atoms with E-state index in [-0.39, 0.29) is 39.2 Å². The van der Waals surface area contributed by atoms with Crippen molar-refractivity contribution in [1.29, 1.82) is 0 Å². The summed E-state index contributed by atoms with van der Waals surface area (Å²) >= 11 is 1.97. The van der Waals surface area contributed by atoms with Crippen molar-refractivity contribution in [2.75, 3.05) is 9.80 Å². The van der Waals surface area contributed by atoms with E-state index in [4.69, 9.17) is 0 Å². The van der Waals surface area contributed by atoms with Gasteiger partial charge in [-0.25, -0.2) is 0 Å². The quantitative estimate of drug-likeness (QED) is 0.160. The molecule has 0 saturated heterocycles. The molecule has 3 aliphatic rings. The first kappa shape index (κ1) is 42.0. The van der Waals surface area contributed by atoms with Crippen LogP contribution in [0.3, 0.4) is 0 Å². The van der Waals surface area contributed by atoms with Gasteiger partial charge in [-0.1, -0.05) is 147 Å². The van der Waals surface area contributed by atoms with Crippen LogP contribution < -0.4 is 26.2 Å². The molecule has 0 fully saturated rings. The molecule has 316 valence electrons. The second-order valence-corrected chi connectivity index (χ2v) is 25.4. The van der Waals surface area contributed by atoms with E-state index in [2.05, 4.69) is 212 Å². The van der Waals surface area contributed by atoms with Crippen LogP contribution in [-0.4, -0.2) is 6.71 Å². The lowest BCUT2D eigenvalue weighted by Gasteiger charge is -2.47. The van der Waals surface area contributed by atoms with Gasteiger partial charge >= 0.3 is 0 Å². The Morgan fingerprint density at radius 1 is 0.492 bits per heavy atom. The normalized spacial score (nSPS) is 17.0. The fourth-order valence-corrected chi connectivity index (χ4v) is 11.7. The molecule has 0 atom stereocenters. The fourth-order valence-electron chi connectivity index (χ4n) is 10.4. The number of thiophene rings is 1. The van der Waals surface area contributed by atoms with Crippen molar-refractivity contribution >= 4 is 78.0 Å². The molecule has 0 spiro atoms. The van der Waals surface area contributed by atoms with Crippen LogP contribution in [0, 0.1) is 6.92 Å². The topological polar surface area (TPSA) is 6.48 Å². The van der Waals surface area contributed by atoms with Crippen LogP contribution in [-0.2, 0) is 32.5 Å². The molecule has 6 aromatic rings. The first-order valence-corrected chi connectivity index (χ1v) is 23.7. The molecular formula is C57H69BN2S. The second-order valence-electron chi connectivity index (χ2n) is 24.4. The number of aryl methyl sites for hydroxylation is 1. The van der Waals surface area contributed by atoms with Gasteiger partial charge in [0.15, 0.2) is 0 Å². The summed E-state index contributed by atoms with van der Waals surface area (Å²) in [5.41, 5.74) is 20.7. The first-order chi connectivity index (χ1) is 28.1. The van der Waals surface area contributed by atoms with Crippen LogP contribution in [0.25, 0.3) is 10.1 Å². The zero-order valence-electron chi connectivity index (χ0n) is 40.4. The summed E-state index contributed by atoms with van der Waals surface area (Å²) in [7, 11) is 0. The minimum Gasteiger partial charge on any atom is -0.311 e. The Morgan fingerprint density at radius 2 is 1.00 bits per heavy atom. The molecule has 1 aliphatic carbocycles. The molecule has 5 aromatic carbocycles. The van der Waals surface area contributed by atoms with Crippen molar-refractivity contribution < 1.29 is 0 Å². The maximum absolute atomic E-state index is 2.70. The molecule has 0 amide bonds. The average Bonchev–Trinajstić information content (AvgIpc) is 3.53. The zero-order valence-corrected chi connectivity index (χ0v) is 41.2. The number of rotatable bonds is 2. The van der Waals surface area contributed by atoms with Crippen LogP contribution >= 0.6 is 11.3 Å². The standard InChI is InChI=1S/C57H69BN2S/c1-34-26-46-50-47(27-34)60(39-21-18-35(19-22-39)52(2,3)4)51-49(41-31-36(53(5,6)7)20-23-48(41)61-51)58(50)44-32-42-43(57(16,17)25-24-56(42,14)15)33-45(44)59(46)40-29-37(54(8,9)10)28-38(30-40)55(11,12)13/h18-23,26-33H,24-25H2,1-17H3. The van der Waals surface area contributed by atoms with Crippen LogP contribution in [0.4, 0.5) is 33.4 Å². The van der Waals surface area contributed by atoms with Gasteiger partial charge in [0.05, 0.1) is 5.00 Å². The molecule has 61 heavy (non-hydrogen) atoms. The first-order valence-electron chi connectivity index (χ1n) is 22.9. The molecule has 2 nitrogen and oxygen atoms in total. The Balaban J connectivity index is 1.45. The molecule has 4 heteroatoms. The molecule has 0 unspecified atom stereocenters. The Hall–Kier alpha value is -4.28. The number of fused-ring (bicyclic) bond motifs is 7.